The molecule has 1 aromatic rings. The van der Waals surface area contributed by atoms with E-state index < -0.39 is 5.60 Å². The van der Waals surface area contributed by atoms with Crippen molar-refractivity contribution in [1.82, 2.24) is 9.55 Å². The molecule has 0 aliphatic carbocycles. The van der Waals surface area contributed by atoms with Crippen LogP contribution in [-0.2, 0) is 6.54 Å². The number of aromatic nitrogens is 2. The maximum absolute atomic E-state index is 9.46. The van der Waals surface area contributed by atoms with Crippen molar-refractivity contribution >= 4 is 22.6 Å². The lowest BCUT2D eigenvalue weighted by Gasteiger charge is -2.17. The number of nitrogens with zero attached hydrogens (tertiary/aromatic N) is 2. The fraction of sp³-hybridized carbons (Fsp3) is 0.571. The summed E-state index contributed by atoms with van der Waals surface area (Å²) in [5.41, 5.74) is -0.666. The van der Waals surface area contributed by atoms with Gasteiger partial charge in [-0.25, -0.2) is 4.98 Å². The summed E-state index contributed by atoms with van der Waals surface area (Å²) >= 11 is 2.14. The summed E-state index contributed by atoms with van der Waals surface area (Å²) < 4.78 is 2.82. The molecule has 11 heavy (non-hydrogen) atoms. The highest BCUT2D eigenvalue weighted by atomic mass is 127. The number of hydrogen-bond acceptors (Lipinski definition) is 2. The summed E-state index contributed by atoms with van der Waals surface area (Å²) in [6.07, 6.45) is 3.59. The summed E-state index contributed by atoms with van der Waals surface area (Å²) in [6.45, 7) is 4.15. The van der Waals surface area contributed by atoms with E-state index in [1.807, 2.05) is 10.8 Å². The quantitative estimate of drug-likeness (QED) is 0.818. The molecule has 4 heteroatoms. The molecule has 0 spiro atoms. The maximum Gasteiger partial charge on any atom is 0.171 e. The van der Waals surface area contributed by atoms with Gasteiger partial charge >= 0.3 is 0 Å². The van der Waals surface area contributed by atoms with Crippen LogP contribution in [0.3, 0.4) is 0 Å². The average Bonchev–Trinajstić information content (AvgIpc) is 2.12. The van der Waals surface area contributed by atoms with E-state index >= 15 is 0 Å². The van der Waals surface area contributed by atoms with Crippen LogP contribution in [0.25, 0.3) is 0 Å². The molecule has 1 N–H and O–H groups in total. The molecule has 0 fully saturated rings. The molecule has 0 saturated carbocycles. The van der Waals surface area contributed by atoms with Crippen molar-refractivity contribution in [2.45, 2.75) is 26.0 Å². The minimum Gasteiger partial charge on any atom is -0.389 e. The Labute approximate surface area is 79.6 Å². The van der Waals surface area contributed by atoms with E-state index in [4.69, 9.17) is 0 Å². The minimum atomic E-state index is -0.666. The van der Waals surface area contributed by atoms with Crippen LogP contribution < -0.4 is 0 Å². The van der Waals surface area contributed by atoms with Crippen molar-refractivity contribution in [3.8, 4) is 0 Å². The lowest BCUT2D eigenvalue weighted by molar-refractivity contribution is 0.0607. The van der Waals surface area contributed by atoms with Crippen LogP contribution in [0.5, 0.6) is 0 Å². The molecule has 3 nitrogen and oxygen atoms in total. The Hall–Kier alpha value is -0.100. The Morgan fingerprint density at radius 3 is 2.73 bits per heavy atom. The van der Waals surface area contributed by atoms with Gasteiger partial charge in [0.25, 0.3) is 0 Å². The molecule has 0 aromatic carbocycles. The number of imidazole rings is 1. The molecule has 0 amide bonds. The Kier molecular flexibility index (Phi) is 2.54. The monoisotopic (exact) mass is 266 g/mol. The summed E-state index contributed by atoms with van der Waals surface area (Å²) in [5, 5.41) is 9.46. The van der Waals surface area contributed by atoms with Crippen molar-refractivity contribution in [3.63, 3.8) is 0 Å². The third-order valence-corrected chi connectivity index (χ3v) is 2.12. The summed E-state index contributed by atoms with van der Waals surface area (Å²) in [7, 11) is 0. The van der Waals surface area contributed by atoms with Crippen molar-refractivity contribution < 1.29 is 5.11 Å². The first-order valence-corrected chi connectivity index (χ1v) is 4.46. The van der Waals surface area contributed by atoms with Crippen molar-refractivity contribution in [3.05, 3.63) is 16.2 Å². The van der Waals surface area contributed by atoms with Gasteiger partial charge in [0, 0.05) is 12.4 Å². The Balaban J connectivity index is 2.72. The first kappa shape index (κ1) is 8.99. The van der Waals surface area contributed by atoms with Crippen molar-refractivity contribution in [1.29, 1.82) is 0 Å². The van der Waals surface area contributed by atoms with Gasteiger partial charge in [-0.05, 0) is 36.4 Å². The third kappa shape index (κ3) is 2.78. The molecule has 62 valence electrons. The number of halogens is 1. The molecular formula is C7H11IN2O. The zero-order valence-electron chi connectivity index (χ0n) is 6.58. The van der Waals surface area contributed by atoms with E-state index in [9.17, 15) is 5.11 Å². The van der Waals surface area contributed by atoms with E-state index in [1.165, 1.54) is 0 Å². The Morgan fingerprint density at radius 1 is 1.73 bits per heavy atom. The number of aliphatic hydroxyl groups is 1. The van der Waals surface area contributed by atoms with Gasteiger partial charge in [0.05, 0.1) is 12.1 Å². The average molecular weight is 266 g/mol. The smallest absolute Gasteiger partial charge is 0.171 e. The Bertz CT molecular complexity index is 239. The summed E-state index contributed by atoms with van der Waals surface area (Å²) in [6, 6.07) is 0. The van der Waals surface area contributed by atoms with Gasteiger partial charge in [-0.1, -0.05) is 0 Å². The van der Waals surface area contributed by atoms with Crippen LogP contribution in [0, 0.1) is 3.83 Å². The minimum absolute atomic E-state index is 0.589. The second-order valence-corrected chi connectivity index (χ2v) is 4.10. The van der Waals surface area contributed by atoms with Gasteiger partial charge in [0.1, 0.15) is 0 Å². The lowest BCUT2D eigenvalue weighted by atomic mass is 10.1. The van der Waals surface area contributed by atoms with Gasteiger partial charge in [0.2, 0.25) is 0 Å². The molecule has 0 radical (unpaired) electrons. The maximum atomic E-state index is 9.46. The molecule has 0 aliphatic rings. The van der Waals surface area contributed by atoms with E-state index in [0.717, 1.165) is 3.83 Å². The molecule has 1 rings (SSSR count). The standard InChI is InChI=1S/C7H11IN2O/c1-7(2,11)5-10-4-3-9-6(10)8/h3-4,11H,5H2,1-2H3. The largest absolute Gasteiger partial charge is 0.389 e. The summed E-state index contributed by atoms with van der Waals surface area (Å²) in [5.74, 6) is 0. The van der Waals surface area contributed by atoms with Gasteiger partial charge in [-0.2, -0.15) is 0 Å². The molecular weight excluding hydrogens is 255 g/mol. The molecule has 0 aliphatic heterocycles. The van der Waals surface area contributed by atoms with Crippen molar-refractivity contribution in [2.24, 2.45) is 0 Å². The van der Waals surface area contributed by atoms with E-state index in [-0.39, 0.29) is 0 Å². The van der Waals surface area contributed by atoms with Crippen LogP contribution in [0.15, 0.2) is 12.4 Å². The highest BCUT2D eigenvalue weighted by molar-refractivity contribution is 14.1. The highest BCUT2D eigenvalue weighted by Crippen LogP contribution is 2.09. The third-order valence-electron chi connectivity index (χ3n) is 1.22. The highest BCUT2D eigenvalue weighted by Gasteiger charge is 2.14. The SMILES string of the molecule is CC(C)(O)Cn1ccnc1I. The zero-order chi connectivity index (χ0) is 8.48. The zero-order valence-corrected chi connectivity index (χ0v) is 8.74. The van der Waals surface area contributed by atoms with Crippen LogP contribution in [-0.4, -0.2) is 20.3 Å². The molecule has 0 bridgehead atoms. The molecule has 0 saturated heterocycles. The topological polar surface area (TPSA) is 38.0 Å². The van der Waals surface area contributed by atoms with Crippen LogP contribution in [0.1, 0.15) is 13.8 Å². The molecule has 1 aromatic heterocycles. The first-order chi connectivity index (χ1) is 4.99. The molecule has 0 unspecified atom stereocenters. The number of rotatable bonds is 2. The van der Waals surface area contributed by atoms with Gasteiger partial charge in [-0.15, -0.1) is 0 Å². The Morgan fingerprint density at radius 2 is 2.36 bits per heavy atom. The first-order valence-electron chi connectivity index (χ1n) is 3.38. The lowest BCUT2D eigenvalue weighted by Crippen LogP contribution is -2.26. The molecule has 1 heterocycles. The fourth-order valence-corrected chi connectivity index (χ4v) is 1.34. The van der Waals surface area contributed by atoms with E-state index in [1.54, 1.807) is 20.0 Å². The van der Waals surface area contributed by atoms with Crippen molar-refractivity contribution in [2.75, 3.05) is 0 Å². The second-order valence-electron chi connectivity index (χ2n) is 3.14. The molecule has 0 atom stereocenters. The van der Waals surface area contributed by atoms with Gasteiger partial charge in [-0.3, -0.25) is 0 Å². The summed E-state index contributed by atoms with van der Waals surface area (Å²) in [4.78, 5) is 4.04. The van der Waals surface area contributed by atoms with Gasteiger partial charge in [0.15, 0.2) is 3.83 Å². The van der Waals surface area contributed by atoms with E-state index in [2.05, 4.69) is 27.6 Å². The predicted octanol–water partition coefficient (Wildman–Crippen LogP) is 1.26. The van der Waals surface area contributed by atoms with Crippen LogP contribution in [0.2, 0.25) is 0 Å². The van der Waals surface area contributed by atoms with Crippen LogP contribution in [0.4, 0.5) is 0 Å². The number of hydrogen-bond donors (Lipinski definition) is 1. The van der Waals surface area contributed by atoms with Crippen LogP contribution >= 0.6 is 22.6 Å². The van der Waals surface area contributed by atoms with E-state index in [0.29, 0.717) is 6.54 Å². The predicted molar refractivity (Wildman–Crippen MR) is 51.2 cm³/mol. The normalized spacial score (nSPS) is 12.0. The second kappa shape index (κ2) is 3.10. The van der Waals surface area contributed by atoms with Gasteiger partial charge < -0.3 is 9.67 Å². The fourth-order valence-electron chi connectivity index (χ4n) is 0.846.